The number of nitrogens with zero attached hydrogens (tertiary/aromatic N) is 3. The van der Waals surface area contributed by atoms with E-state index < -0.39 is 0 Å². The summed E-state index contributed by atoms with van der Waals surface area (Å²) in [5.74, 6) is 0. The molecule has 6 heteroatoms. The van der Waals surface area contributed by atoms with Crippen LogP contribution in [0.15, 0.2) is 24.5 Å². The molecule has 0 bridgehead atoms. The van der Waals surface area contributed by atoms with Crippen molar-refractivity contribution in [3.63, 3.8) is 0 Å². The van der Waals surface area contributed by atoms with Crippen molar-refractivity contribution < 1.29 is 4.79 Å². The van der Waals surface area contributed by atoms with Gasteiger partial charge in [0.05, 0.1) is 33.5 Å². The first kappa shape index (κ1) is 15.0. The molecule has 0 aliphatic heterocycles. The molecule has 2 aromatic rings. The molecule has 0 fully saturated rings. The van der Waals surface area contributed by atoms with Gasteiger partial charge in [0.15, 0.2) is 0 Å². The Hall–Kier alpha value is -1.95. The molecule has 3 rings (SSSR count). The fraction of sp³-hybridized carbons (Fsp3) is 0.438. The minimum absolute atomic E-state index is 0.0997. The number of urea groups is 1. The first-order valence-electron chi connectivity index (χ1n) is 7.61. The Morgan fingerprint density at radius 2 is 2.41 bits per heavy atom. The highest BCUT2D eigenvalue weighted by Crippen LogP contribution is 2.37. The fourth-order valence-electron chi connectivity index (χ4n) is 2.76. The average molecular weight is 316 g/mol. The number of hydrogen-bond donors (Lipinski definition) is 1. The molecule has 2 amide bonds. The SMILES string of the molecule is CCc1nc2c(s1)[C@H](N(C)C(=O)Nc1cccnc1)CCC2. The van der Waals surface area contributed by atoms with Crippen LogP contribution in [0.5, 0.6) is 0 Å². The normalized spacial score (nSPS) is 16.9. The van der Waals surface area contributed by atoms with Crippen LogP contribution in [0, 0.1) is 0 Å². The molecule has 5 nitrogen and oxygen atoms in total. The number of carbonyl (C=O) groups excluding carboxylic acids is 1. The molecular formula is C16H20N4OS. The van der Waals surface area contributed by atoms with Crippen molar-refractivity contribution in [3.05, 3.63) is 40.1 Å². The zero-order chi connectivity index (χ0) is 15.5. The molecule has 0 saturated heterocycles. The summed E-state index contributed by atoms with van der Waals surface area (Å²) in [6.07, 6.45) is 7.40. The van der Waals surface area contributed by atoms with Crippen molar-refractivity contribution in [2.45, 2.75) is 38.6 Å². The molecule has 0 saturated carbocycles. The van der Waals surface area contributed by atoms with Crippen LogP contribution in [0.2, 0.25) is 0 Å². The lowest BCUT2D eigenvalue weighted by Gasteiger charge is -2.30. The quantitative estimate of drug-likeness (QED) is 0.940. The highest BCUT2D eigenvalue weighted by Gasteiger charge is 2.29. The summed E-state index contributed by atoms with van der Waals surface area (Å²) in [7, 11) is 1.86. The van der Waals surface area contributed by atoms with Gasteiger partial charge in [-0.05, 0) is 37.8 Å². The van der Waals surface area contributed by atoms with E-state index in [0.29, 0.717) is 5.69 Å². The molecule has 2 heterocycles. The Morgan fingerprint density at radius 3 is 3.14 bits per heavy atom. The van der Waals surface area contributed by atoms with Crippen LogP contribution in [-0.2, 0) is 12.8 Å². The first-order valence-corrected chi connectivity index (χ1v) is 8.43. The molecule has 116 valence electrons. The van der Waals surface area contributed by atoms with E-state index in [2.05, 4.69) is 17.2 Å². The molecule has 1 aliphatic carbocycles. The number of aromatic nitrogens is 2. The minimum Gasteiger partial charge on any atom is -0.320 e. The Morgan fingerprint density at radius 1 is 1.55 bits per heavy atom. The summed E-state index contributed by atoms with van der Waals surface area (Å²) in [6.45, 7) is 2.12. The first-order chi connectivity index (χ1) is 10.7. The van der Waals surface area contributed by atoms with E-state index in [-0.39, 0.29) is 12.1 Å². The van der Waals surface area contributed by atoms with Gasteiger partial charge in [-0.1, -0.05) is 6.92 Å². The molecule has 0 unspecified atom stereocenters. The number of fused-ring (bicyclic) bond motifs is 1. The van der Waals surface area contributed by atoms with Gasteiger partial charge in [0, 0.05) is 13.2 Å². The molecule has 0 radical (unpaired) electrons. The summed E-state index contributed by atoms with van der Waals surface area (Å²) in [6, 6.07) is 3.67. The molecule has 2 aromatic heterocycles. The predicted molar refractivity (Wildman–Crippen MR) is 88.2 cm³/mol. The van der Waals surface area contributed by atoms with E-state index in [1.165, 1.54) is 10.6 Å². The lowest BCUT2D eigenvalue weighted by molar-refractivity contribution is 0.198. The maximum Gasteiger partial charge on any atom is 0.322 e. The van der Waals surface area contributed by atoms with Crippen LogP contribution in [-0.4, -0.2) is 27.9 Å². The van der Waals surface area contributed by atoms with Gasteiger partial charge in [-0.3, -0.25) is 4.98 Å². The number of pyridine rings is 1. The maximum absolute atomic E-state index is 12.5. The van der Waals surface area contributed by atoms with E-state index in [1.54, 1.807) is 28.6 Å². The number of anilines is 1. The summed E-state index contributed by atoms with van der Waals surface area (Å²) < 4.78 is 0. The lowest BCUT2D eigenvalue weighted by Crippen LogP contribution is -2.36. The third-order valence-corrected chi connectivity index (χ3v) is 5.31. The zero-order valence-electron chi connectivity index (χ0n) is 12.9. The molecule has 1 atom stereocenters. The van der Waals surface area contributed by atoms with Gasteiger partial charge in [0.25, 0.3) is 0 Å². The summed E-state index contributed by atoms with van der Waals surface area (Å²) in [5.41, 5.74) is 1.90. The second-order valence-corrected chi connectivity index (χ2v) is 6.58. The summed E-state index contributed by atoms with van der Waals surface area (Å²) >= 11 is 1.75. The maximum atomic E-state index is 12.5. The Balaban J connectivity index is 1.76. The summed E-state index contributed by atoms with van der Waals surface area (Å²) in [5, 5.41) is 4.06. The van der Waals surface area contributed by atoms with Crippen molar-refractivity contribution in [3.8, 4) is 0 Å². The highest BCUT2D eigenvalue weighted by atomic mass is 32.1. The third kappa shape index (κ3) is 2.97. The van der Waals surface area contributed by atoms with Gasteiger partial charge >= 0.3 is 6.03 Å². The van der Waals surface area contributed by atoms with E-state index in [9.17, 15) is 4.79 Å². The van der Waals surface area contributed by atoms with Crippen LogP contribution in [0.3, 0.4) is 0 Å². The third-order valence-electron chi connectivity index (χ3n) is 3.97. The van der Waals surface area contributed by atoms with Crippen molar-refractivity contribution in [1.29, 1.82) is 0 Å². The van der Waals surface area contributed by atoms with Crippen molar-refractivity contribution in [2.75, 3.05) is 12.4 Å². The molecule has 1 N–H and O–H groups in total. The van der Waals surface area contributed by atoms with Crippen LogP contribution in [0.1, 0.15) is 41.4 Å². The number of rotatable bonds is 3. The monoisotopic (exact) mass is 316 g/mol. The molecule has 22 heavy (non-hydrogen) atoms. The van der Waals surface area contributed by atoms with E-state index in [1.807, 2.05) is 19.2 Å². The van der Waals surface area contributed by atoms with Crippen molar-refractivity contribution in [2.24, 2.45) is 0 Å². The van der Waals surface area contributed by atoms with Gasteiger partial charge < -0.3 is 10.2 Å². The average Bonchev–Trinajstić information content (AvgIpc) is 2.98. The minimum atomic E-state index is -0.0997. The van der Waals surface area contributed by atoms with Gasteiger partial charge in [-0.2, -0.15) is 0 Å². The van der Waals surface area contributed by atoms with Crippen molar-refractivity contribution in [1.82, 2.24) is 14.9 Å². The molecular weight excluding hydrogens is 296 g/mol. The standard InChI is InChI=1S/C16H20N4OS/c1-3-14-19-12-7-4-8-13(15(12)22-14)20(2)16(21)18-11-6-5-9-17-10-11/h5-6,9-10,13H,3-4,7-8H2,1-2H3,(H,18,21)/t13-/m1/s1. The Labute approximate surface area is 134 Å². The summed E-state index contributed by atoms with van der Waals surface area (Å²) in [4.78, 5) is 24.2. The second kappa shape index (κ2) is 6.44. The lowest BCUT2D eigenvalue weighted by atomic mass is 9.97. The van der Waals surface area contributed by atoms with E-state index >= 15 is 0 Å². The van der Waals surface area contributed by atoms with E-state index in [0.717, 1.165) is 30.7 Å². The number of nitrogens with one attached hydrogen (secondary N) is 1. The number of hydrogen-bond acceptors (Lipinski definition) is 4. The molecule has 1 aliphatic rings. The Kier molecular flexibility index (Phi) is 4.38. The van der Waals surface area contributed by atoms with Gasteiger partial charge in [-0.15, -0.1) is 11.3 Å². The number of aryl methyl sites for hydroxylation is 2. The predicted octanol–water partition coefficient (Wildman–Crippen LogP) is 3.64. The van der Waals surface area contributed by atoms with Gasteiger partial charge in [0.1, 0.15) is 0 Å². The van der Waals surface area contributed by atoms with Crippen LogP contribution >= 0.6 is 11.3 Å². The largest absolute Gasteiger partial charge is 0.322 e. The van der Waals surface area contributed by atoms with E-state index in [4.69, 9.17) is 4.98 Å². The number of thiazole rings is 1. The molecule has 0 aromatic carbocycles. The Bertz CT molecular complexity index is 655. The van der Waals surface area contributed by atoms with Gasteiger partial charge in [-0.25, -0.2) is 9.78 Å². The van der Waals surface area contributed by atoms with Gasteiger partial charge in [0.2, 0.25) is 0 Å². The fourth-order valence-corrected chi connectivity index (χ4v) is 3.99. The zero-order valence-corrected chi connectivity index (χ0v) is 13.7. The number of carbonyl (C=O) groups is 1. The second-order valence-electron chi connectivity index (χ2n) is 5.46. The van der Waals surface area contributed by atoms with Crippen LogP contribution in [0.25, 0.3) is 0 Å². The molecule has 0 spiro atoms. The smallest absolute Gasteiger partial charge is 0.320 e. The number of amides is 2. The van der Waals surface area contributed by atoms with Crippen LogP contribution in [0.4, 0.5) is 10.5 Å². The topological polar surface area (TPSA) is 58.1 Å². The highest BCUT2D eigenvalue weighted by molar-refractivity contribution is 7.11. The van der Waals surface area contributed by atoms with Crippen molar-refractivity contribution >= 4 is 23.1 Å². The van der Waals surface area contributed by atoms with Crippen LogP contribution < -0.4 is 5.32 Å².